The maximum atomic E-state index is 12.7. The molecule has 1 saturated heterocycles. The Balaban J connectivity index is 0.00000156. The molecule has 0 saturated carbocycles. The summed E-state index contributed by atoms with van der Waals surface area (Å²) in [7, 11) is 0. The van der Waals surface area contributed by atoms with Gasteiger partial charge < -0.3 is 10.6 Å². The summed E-state index contributed by atoms with van der Waals surface area (Å²) in [5.41, 5.74) is 2.50. The third kappa shape index (κ3) is 3.65. The Morgan fingerprint density at radius 3 is 2.61 bits per heavy atom. The highest BCUT2D eigenvalue weighted by atomic mass is 32.1. The lowest BCUT2D eigenvalue weighted by atomic mass is 9.88. The van der Waals surface area contributed by atoms with Crippen molar-refractivity contribution in [1.82, 2.24) is 10.6 Å². The average Bonchev–Trinajstić information content (AvgIpc) is 3.17. The molecule has 0 aliphatic carbocycles. The molecule has 1 aliphatic rings. The van der Waals surface area contributed by atoms with Crippen LogP contribution in [0, 0.1) is 19.8 Å². The molecule has 1 fully saturated rings. The minimum Gasteiger partial charge on any atom is -0.348 e. The van der Waals surface area contributed by atoms with E-state index in [9.17, 15) is 4.79 Å². The van der Waals surface area contributed by atoms with Gasteiger partial charge in [-0.05, 0) is 38.5 Å². The van der Waals surface area contributed by atoms with E-state index in [0.717, 1.165) is 13.1 Å². The predicted molar refractivity (Wildman–Crippen MR) is 100 cm³/mol. The topological polar surface area (TPSA) is 41.1 Å². The summed E-state index contributed by atoms with van der Waals surface area (Å²) in [6, 6.07) is 12.8. The highest BCUT2D eigenvalue weighted by Gasteiger charge is 2.34. The first-order valence-corrected chi connectivity index (χ1v) is 9.00. The quantitative estimate of drug-likeness (QED) is 0.887. The summed E-state index contributed by atoms with van der Waals surface area (Å²) in [5.74, 6) is 0.410. The number of nitrogens with one attached hydrogen (secondary N) is 2. The molecule has 3 atom stereocenters. The van der Waals surface area contributed by atoms with Crippen molar-refractivity contribution in [2.24, 2.45) is 5.92 Å². The van der Waals surface area contributed by atoms with E-state index in [0.29, 0.717) is 0 Å². The molecular weight excluding hydrogens is 304 g/mol. The summed E-state index contributed by atoms with van der Waals surface area (Å²) in [6.45, 7) is 7.86. The van der Waals surface area contributed by atoms with Crippen LogP contribution < -0.4 is 10.6 Å². The van der Waals surface area contributed by atoms with Gasteiger partial charge in [-0.1, -0.05) is 29.8 Å². The van der Waals surface area contributed by atoms with Crippen LogP contribution in [0.2, 0.25) is 0 Å². The highest BCUT2D eigenvalue weighted by molar-refractivity contribution is 7.12. The van der Waals surface area contributed by atoms with E-state index in [1.54, 1.807) is 11.3 Å². The first-order chi connectivity index (χ1) is 11.0. The Labute approximate surface area is 145 Å². The number of rotatable bonds is 4. The van der Waals surface area contributed by atoms with Gasteiger partial charge in [-0.2, -0.15) is 0 Å². The summed E-state index contributed by atoms with van der Waals surface area (Å²) < 4.78 is 0. The van der Waals surface area contributed by atoms with Gasteiger partial charge in [0.05, 0.1) is 12.0 Å². The fourth-order valence-corrected chi connectivity index (χ4v) is 4.08. The lowest BCUT2D eigenvalue weighted by molar-refractivity contribution is -0.125. The molecule has 1 aliphatic heterocycles. The lowest BCUT2D eigenvalue weighted by Crippen LogP contribution is -2.35. The zero-order valence-corrected chi connectivity index (χ0v) is 14.7. The number of thiophene rings is 1. The Kier molecular flexibility index (Phi) is 4.83. The first-order valence-electron chi connectivity index (χ1n) is 8.18. The van der Waals surface area contributed by atoms with Crippen LogP contribution in [0.25, 0.3) is 0 Å². The van der Waals surface area contributed by atoms with Crippen LogP contribution in [-0.4, -0.2) is 19.0 Å². The molecule has 1 unspecified atom stereocenters. The average molecular weight is 333 g/mol. The van der Waals surface area contributed by atoms with Crippen molar-refractivity contribution in [2.45, 2.75) is 32.7 Å². The minimum atomic E-state index is 0. The number of carbonyl (C=O) groups is 1. The molecule has 1 aromatic heterocycles. The van der Waals surface area contributed by atoms with E-state index in [2.05, 4.69) is 67.8 Å². The van der Waals surface area contributed by atoms with Crippen molar-refractivity contribution in [3.8, 4) is 0 Å². The van der Waals surface area contributed by atoms with Crippen molar-refractivity contribution in [3.05, 3.63) is 57.3 Å². The van der Waals surface area contributed by atoms with Crippen molar-refractivity contribution in [2.75, 3.05) is 13.1 Å². The maximum absolute atomic E-state index is 12.7. The second kappa shape index (κ2) is 6.85. The van der Waals surface area contributed by atoms with Gasteiger partial charge >= 0.3 is 0 Å². The molecule has 4 heteroatoms. The van der Waals surface area contributed by atoms with Crippen molar-refractivity contribution in [1.29, 1.82) is 0 Å². The molecule has 0 radical (unpaired) electrons. The Hall–Kier alpha value is -1.65. The lowest BCUT2D eigenvalue weighted by Gasteiger charge is -2.21. The van der Waals surface area contributed by atoms with Crippen LogP contribution in [0.15, 0.2) is 36.4 Å². The van der Waals surface area contributed by atoms with Crippen LogP contribution in [0.5, 0.6) is 0 Å². The molecular formula is C19H28N2OS. The number of hydrogen-bond donors (Lipinski definition) is 2. The summed E-state index contributed by atoms with van der Waals surface area (Å²) in [5, 5.41) is 6.57. The predicted octanol–water partition coefficient (Wildman–Crippen LogP) is 4.04. The zero-order valence-electron chi connectivity index (χ0n) is 13.9. The largest absolute Gasteiger partial charge is 0.348 e. The fourth-order valence-electron chi connectivity index (χ4n) is 3.20. The van der Waals surface area contributed by atoms with Gasteiger partial charge in [-0.3, -0.25) is 4.79 Å². The molecule has 0 bridgehead atoms. The molecule has 3 nitrogen and oxygen atoms in total. The summed E-state index contributed by atoms with van der Waals surface area (Å²) >= 11 is 1.75. The normalized spacial score (nSPS) is 22.0. The SMILES string of the molecule is Cc1ccc(C2CNC[C@H]2C(=O)N[C@@H](C)c2ccc(C)s2)cc1.[HH].[HH]. The standard InChI is InChI=1S/C19H24N2OS.2H2/c1-12-4-7-15(8-5-12)16-10-20-11-17(16)19(22)21-14(3)18-9-6-13(2)23-18;;/h4-9,14,16-17,20H,10-11H2,1-3H3,(H,21,22);2*1H/t14-,16?,17+;;/m0../s1. The number of hydrogen-bond acceptors (Lipinski definition) is 3. The van der Waals surface area contributed by atoms with E-state index < -0.39 is 0 Å². The molecule has 1 amide bonds. The van der Waals surface area contributed by atoms with Gasteiger partial charge in [0.2, 0.25) is 5.91 Å². The minimum absolute atomic E-state index is 0. The number of carbonyl (C=O) groups excluding carboxylic acids is 1. The summed E-state index contributed by atoms with van der Waals surface area (Å²) in [4.78, 5) is 15.2. The Morgan fingerprint density at radius 1 is 1.22 bits per heavy atom. The fraction of sp³-hybridized carbons (Fsp3) is 0.421. The number of benzene rings is 1. The van der Waals surface area contributed by atoms with Crippen LogP contribution in [-0.2, 0) is 4.79 Å². The summed E-state index contributed by atoms with van der Waals surface area (Å²) in [6.07, 6.45) is 0. The molecule has 2 heterocycles. The molecule has 23 heavy (non-hydrogen) atoms. The highest BCUT2D eigenvalue weighted by Crippen LogP contribution is 2.30. The Morgan fingerprint density at radius 2 is 1.96 bits per heavy atom. The molecule has 0 spiro atoms. The smallest absolute Gasteiger partial charge is 0.225 e. The van der Waals surface area contributed by atoms with Gasteiger partial charge in [0.1, 0.15) is 0 Å². The van der Waals surface area contributed by atoms with Gasteiger partial charge in [0, 0.05) is 31.6 Å². The Bertz CT molecular complexity index is 687. The first kappa shape index (κ1) is 16.2. The zero-order chi connectivity index (χ0) is 16.4. The van der Waals surface area contributed by atoms with E-state index in [-0.39, 0.29) is 26.6 Å². The number of amides is 1. The van der Waals surface area contributed by atoms with E-state index >= 15 is 0 Å². The van der Waals surface area contributed by atoms with Crippen molar-refractivity contribution >= 4 is 17.2 Å². The third-order valence-corrected chi connectivity index (χ3v) is 5.79. The van der Waals surface area contributed by atoms with E-state index in [1.165, 1.54) is 20.9 Å². The van der Waals surface area contributed by atoms with Gasteiger partial charge in [-0.15, -0.1) is 11.3 Å². The van der Waals surface area contributed by atoms with Crippen molar-refractivity contribution < 1.29 is 7.65 Å². The van der Waals surface area contributed by atoms with Crippen molar-refractivity contribution in [3.63, 3.8) is 0 Å². The molecule has 2 aromatic rings. The van der Waals surface area contributed by atoms with Crippen LogP contribution in [0.4, 0.5) is 0 Å². The monoisotopic (exact) mass is 332 g/mol. The second-order valence-corrected chi connectivity index (χ2v) is 7.78. The molecule has 126 valence electrons. The van der Waals surface area contributed by atoms with Gasteiger partial charge in [-0.25, -0.2) is 0 Å². The number of aryl methyl sites for hydroxylation is 2. The molecule has 1 aromatic carbocycles. The van der Waals surface area contributed by atoms with E-state index in [4.69, 9.17) is 0 Å². The maximum Gasteiger partial charge on any atom is 0.225 e. The van der Waals surface area contributed by atoms with E-state index in [1.807, 2.05) is 0 Å². The van der Waals surface area contributed by atoms with Crippen LogP contribution in [0.1, 0.15) is 42.6 Å². The third-order valence-electron chi connectivity index (χ3n) is 4.60. The van der Waals surface area contributed by atoms with Gasteiger partial charge in [0.15, 0.2) is 0 Å². The second-order valence-electron chi connectivity index (χ2n) is 6.46. The van der Waals surface area contributed by atoms with Crippen LogP contribution >= 0.6 is 11.3 Å². The van der Waals surface area contributed by atoms with Gasteiger partial charge in [0.25, 0.3) is 0 Å². The van der Waals surface area contributed by atoms with Crippen LogP contribution in [0.3, 0.4) is 0 Å². The molecule has 2 N–H and O–H groups in total. The molecule has 3 rings (SSSR count).